The van der Waals surface area contributed by atoms with Crippen molar-refractivity contribution in [2.75, 3.05) is 16.6 Å². The number of rotatable bonds is 9. The highest BCUT2D eigenvalue weighted by Gasteiger charge is 2.42. The van der Waals surface area contributed by atoms with Crippen molar-refractivity contribution in [1.29, 1.82) is 0 Å². The molecule has 1 unspecified atom stereocenters. The van der Waals surface area contributed by atoms with Gasteiger partial charge in [-0.1, -0.05) is 42.5 Å². The average molecular weight is 529 g/mol. The predicted octanol–water partition coefficient (Wildman–Crippen LogP) is 5.93. The van der Waals surface area contributed by atoms with E-state index in [1.54, 1.807) is 34.8 Å². The normalized spacial score (nSPS) is 19.7. The number of para-hydroxylation sites is 1. The zero-order valence-corrected chi connectivity index (χ0v) is 21.1. The lowest BCUT2D eigenvalue weighted by Crippen LogP contribution is -2.47. The summed E-state index contributed by atoms with van der Waals surface area (Å²) in [6, 6.07) is 18.9. The summed E-state index contributed by atoms with van der Waals surface area (Å²) in [5.74, 6) is 0.707. The first kappa shape index (κ1) is 26.1. The molecule has 0 aliphatic carbocycles. The summed E-state index contributed by atoms with van der Waals surface area (Å²) in [5.41, 5.74) is 11.0. The number of nitrogens with zero attached hydrogens (tertiary/aromatic N) is 4. The highest BCUT2D eigenvalue weighted by Crippen LogP contribution is 2.59. The minimum absolute atomic E-state index is 0.0466. The molecule has 4 rings (SSSR count). The summed E-state index contributed by atoms with van der Waals surface area (Å²) < 4.78 is 46.0. The fourth-order valence-electron chi connectivity index (χ4n) is 3.76. The molecule has 0 spiro atoms. The van der Waals surface area contributed by atoms with Gasteiger partial charge < -0.3 is 10.5 Å². The van der Waals surface area contributed by atoms with Crippen molar-refractivity contribution in [3.05, 3.63) is 89.0 Å². The number of nitrogens with two attached hydrogens (primary N) is 1. The van der Waals surface area contributed by atoms with Crippen molar-refractivity contribution < 1.29 is 17.4 Å². The molecular formula is C26H27F3N6OS. The van der Waals surface area contributed by atoms with Crippen LogP contribution in [-0.4, -0.2) is 37.3 Å². The number of hydrogen-bond acceptors (Lipinski definition) is 5. The van der Waals surface area contributed by atoms with E-state index in [-0.39, 0.29) is 11.6 Å². The van der Waals surface area contributed by atoms with Gasteiger partial charge in [0.1, 0.15) is 17.9 Å². The summed E-state index contributed by atoms with van der Waals surface area (Å²) in [6.07, 6.45) is 2.84. The van der Waals surface area contributed by atoms with Crippen LogP contribution >= 0.6 is 10.8 Å². The molecular weight excluding hydrogens is 501 g/mol. The molecule has 7 nitrogen and oxygen atoms in total. The van der Waals surface area contributed by atoms with Crippen LogP contribution in [0.25, 0.3) is 0 Å². The molecule has 3 aromatic carbocycles. The number of aryl methyl sites for hydroxylation is 2. The molecule has 1 aliphatic heterocycles. The van der Waals surface area contributed by atoms with Gasteiger partial charge in [-0.15, -0.1) is 3.89 Å². The zero-order valence-electron chi connectivity index (χ0n) is 20.3. The van der Waals surface area contributed by atoms with Crippen molar-refractivity contribution in [3.63, 3.8) is 0 Å². The van der Waals surface area contributed by atoms with Crippen molar-refractivity contribution in [1.82, 2.24) is 4.83 Å². The Morgan fingerprint density at radius 1 is 1.05 bits per heavy atom. The molecule has 1 heterocycles. The van der Waals surface area contributed by atoms with Crippen LogP contribution in [0.5, 0.6) is 5.75 Å². The Morgan fingerprint density at radius 2 is 1.73 bits per heavy atom. The number of hydrazone groups is 1. The van der Waals surface area contributed by atoms with Gasteiger partial charge >= 0.3 is 6.61 Å². The fraction of sp³-hybridized carbons (Fsp3) is 0.192. The molecule has 1 saturated heterocycles. The molecule has 194 valence electrons. The Balaban J connectivity index is 1.34. The fourth-order valence-corrected chi connectivity index (χ4v) is 5.43. The summed E-state index contributed by atoms with van der Waals surface area (Å²) >= 11 is 0. The smallest absolute Gasteiger partial charge is 0.387 e. The molecule has 1 aliphatic rings. The molecule has 0 bridgehead atoms. The second kappa shape index (κ2) is 11.4. The Hall–Kier alpha value is -3.99. The molecule has 1 atom stereocenters. The molecule has 0 saturated carbocycles. The standard InChI is InChI=1S/C26H27F3N6OS/c1-18-4-3-5-19(2)24(18)35-14-15-37(35,29)34-33-16-20-6-8-21(9-7-20)25(30)32-17-31-22-10-12-23(13-11-22)36-26(27)28/h3-13,16-17,26,34H,14-15H2,1-2H3,(H2,30,31,32)/b33-16+. The number of aliphatic imine (C=N–C) groups is 2. The van der Waals surface area contributed by atoms with E-state index >= 15 is 3.89 Å². The Bertz CT molecular complexity index is 1290. The highest BCUT2D eigenvalue weighted by molar-refractivity contribution is 8.30. The van der Waals surface area contributed by atoms with E-state index in [1.165, 1.54) is 30.6 Å². The lowest BCUT2D eigenvalue weighted by Gasteiger charge is -2.51. The van der Waals surface area contributed by atoms with Gasteiger partial charge in [0.15, 0.2) is 0 Å². The van der Waals surface area contributed by atoms with Crippen molar-refractivity contribution in [3.8, 4) is 5.75 Å². The Morgan fingerprint density at radius 3 is 2.32 bits per heavy atom. The molecule has 11 heteroatoms. The molecule has 3 aromatic rings. The lowest BCUT2D eigenvalue weighted by atomic mass is 10.1. The quantitative estimate of drug-likeness (QED) is 0.205. The highest BCUT2D eigenvalue weighted by atomic mass is 32.3. The average Bonchev–Trinajstić information content (AvgIpc) is 2.86. The van der Waals surface area contributed by atoms with Crippen LogP contribution in [0.3, 0.4) is 0 Å². The van der Waals surface area contributed by atoms with Crippen LogP contribution in [0.2, 0.25) is 0 Å². The number of anilines is 1. The maximum atomic E-state index is 15.5. The first-order valence-electron chi connectivity index (χ1n) is 11.4. The number of hydrogen-bond donors (Lipinski definition) is 2. The molecule has 0 aromatic heterocycles. The van der Waals surface area contributed by atoms with Crippen molar-refractivity contribution >= 4 is 40.5 Å². The summed E-state index contributed by atoms with van der Waals surface area (Å²) in [5, 5.41) is 4.16. The maximum absolute atomic E-state index is 15.5. The van der Waals surface area contributed by atoms with E-state index in [9.17, 15) is 8.78 Å². The van der Waals surface area contributed by atoms with E-state index in [4.69, 9.17) is 5.73 Å². The van der Waals surface area contributed by atoms with Gasteiger partial charge in [-0.05, 0) is 54.8 Å². The number of nitrogens with one attached hydrogen (secondary N) is 1. The molecule has 0 amide bonds. The lowest BCUT2D eigenvalue weighted by molar-refractivity contribution is -0.0498. The first-order valence-corrected chi connectivity index (χ1v) is 13.1. The Labute approximate surface area is 215 Å². The third-order valence-corrected chi connectivity index (χ3v) is 7.85. The number of benzene rings is 3. The number of amidine groups is 1. The van der Waals surface area contributed by atoms with Gasteiger partial charge in [-0.25, -0.2) is 14.8 Å². The third-order valence-electron chi connectivity index (χ3n) is 5.68. The van der Waals surface area contributed by atoms with Crippen LogP contribution < -0.4 is 19.6 Å². The molecule has 3 N–H and O–H groups in total. The minimum atomic E-state index is -2.88. The van der Waals surface area contributed by atoms with Crippen LogP contribution in [0.15, 0.2) is 81.8 Å². The van der Waals surface area contributed by atoms with Crippen molar-refractivity contribution in [2.45, 2.75) is 20.5 Å². The molecule has 37 heavy (non-hydrogen) atoms. The topological polar surface area (TPSA) is 87.6 Å². The summed E-state index contributed by atoms with van der Waals surface area (Å²) in [4.78, 5) is 11.0. The molecule has 1 fully saturated rings. The van der Waals surface area contributed by atoms with Crippen molar-refractivity contribution in [2.24, 2.45) is 20.8 Å². The second-order valence-electron chi connectivity index (χ2n) is 8.27. The van der Waals surface area contributed by atoms with Gasteiger partial charge in [-0.2, -0.15) is 13.9 Å². The third kappa shape index (κ3) is 6.42. The van der Waals surface area contributed by atoms with E-state index < -0.39 is 17.4 Å². The zero-order chi connectivity index (χ0) is 26.4. The van der Waals surface area contributed by atoms with Gasteiger partial charge in [0.05, 0.1) is 34.1 Å². The van der Waals surface area contributed by atoms with Crippen LogP contribution in [0.1, 0.15) is 22.3 Å². The number of halogens is 3. The first-order chi connectivity index (χ1) is 17.7. The predicted molar refractivity (Wildman–Crippen MR) is 146 cm³/mol. The number of alkyl halides is 2. The monoisotopic (exact) mass is 528 g/mol. The van der Waals surface area contributed by atoms with Crippen LogP contribution in [0.4, 0.5) is 24.0 Å². The Kier molecular flexibility index (Phi) is 8.02. The van der Waals surface area contributed by atoms with E-state index in [0.717, 1.165) is 22.4 Å². The van der Waals surface area contributed by atoms with Crippen LogP contribution in [-0.2, 0) is 0 Å². The summed E-state index contributed by atoms with van der Waals surface area (Å²) in [7, 11) is -2.72. The van der Waals surface area contributed by atoms with Gasteiger partial charge in [0.25, 0.3) is 0 Å². The van der Waals surface area contributed by atoms with E-state index in [2.05, 4.69) is 24.7 Å². The molecule has 0 radical (unpaired) electrons. The van der Waals surface area contributed by atoms with E-state index in [0.29, 0.717) is 23.5 Å². The maximum Gasteiger partial charge on any atom is 0.387 e. The van der Waals surface area contributed by atoms with Gasteiger partial charge in [0.2, 0.25) is 0 Å². The second-order valence-corrected chi connectivity index (χ2v) is 10.5. The largest absolute Gasteiger partial charge is 0.435 e. The number of ether oxygens (including phenoxy) is 1. The van der Waals surface area contributed by atoms with Crippen LogP contribution in [0, 0.1) is 13.8 Å². The van der Waals surface area contributed by atoms with Gasteiger partial charge in [0, 0.05) is 12.1 Å². The minimum Gasteiger partial charge on any atom is -0.435 e. The summed E-state index contributed by atoms with van der Waals surface area (Å²) in [6.45, 7) is 1.74. The SMILES string of the molecule is Cc1cccc(C)c1N1CCS1(F)N/N=C/c1ccc(C(N)=NC=Nc2ccc(OC(F)F)cc2)cc1. The van der Waals surface area contributed by atoms with E-state index in [1.807, 2.05) is 32.0 Å². The van der Waals surface area contributed by atoms with Gasteiger partial charge in [-0.3, -0.25) is 4.31 Å².